The van der Waals surface area contributed by atoms with Crippen LogP contribution in [0.5, 0.6) is 0 Å². The van der Waals surface area contributed by atoms with Gasteiger partial charge in [0.2, 0.25) is 5.91 Å². The van der Waals surface area contributed by atoms with Crippen LogP contribution in [0.4, 0.5) is 0 Å². The van der Waals surface area contributed by atoms with Gasteiger partial charge in [-0.25, -0.2) is 0 Å². The van der Waals surface area contributed by atoms with Gasteiger partial charge in [-0.1, -0.05) is 15.9 Å². The summed E-state index contributed by atoms with van der Waals surface area (Å²) in [5.74, 6) is 0.326. The van der Waals surface area contributed by atoms with Crippen molar-refractivity contribution in [3.63, 3.8) is 0 Å². The van der Waals surface area contributed by atoms with Gasteiger partial charge < -0.3 is 4.90 Å². The van der Waals surface area contributed by atoms with E-state index >= 15 is 0 Å². The molecule has 2 rings (SSSR count). The summed E-state index contributed by atoms with van der Waals surface area (Å²) in [6, 6.07) is 0. The Hall–Kier alpha value is 0.300. The molecule has 11 heavy (non-hydrogen) atoms. The van der Waals surface area contributed by atoms with E-state index in [9.17, 15) is 4.79 Å². The monoisotopic (exact) mass is 235 g/mol. The quantitative estimate of drug-likeness (QED) is 0.507. The van der Waals surface area contributed by atoms with Crippen molar-refractivity contribution in [3.8, 4) is 0 Å². The Bertz CT molecular complexity index is 211. The van der Waals surface area contributed by atoms with E-state index in [-0.39, 0.29) is 4.75 Å². The van der Waals surface area contributed by atoms with Gasteiger partial charge in [0.15, 0.2) is 0 Å². The van der Waals surface area contributed by atoms with Crippen molar-refractivity contribution in [3.05, 3.63) is 0 Å². The van der Waals surface area contributed by atoms with Crippen molar-refractivity contribution in [1.82, 2.24) is 4.90 Å². The van der Waals surface area contributed by atoms with Crippen molar-refractivity contribution in [2.45, 2.75) is 23.5 Å². The number of β-lactam (4-membered cyclic amide) rings is 1. The van der Waals surface area contributed by atoms with Gasteiger partial charge in [0.1, 0.15) is 0 Å². The number of rotatable bonds is 1. The molecule has 0 spiro atoms. The van der Waals surface area contributed by atoms with E-state index in [4.69, 9.17) is 0 Å². The smallest absolute Gasteiger partial charge is 0.226 e. The second-order valence-electron chi connectivity index (χ2n) is 3.38. The largest absolute Gasteiger partial charge is 0.329 e. The van der Waals surface area contributed by atoms with Crippen LogP contribution < -0.4 is 0 Å². The Morgan fingerprint density at radius 3 is 3.09 bits per heavy atom. The fourth-order valence-electron chi connectivity index (χ4n) is 1.52. The number of hydrogen-bond donors (Lipinski definition) is 0. The molecule has 0 aliphatic carbocycles. The lowest BCUT2D eigenvalue weighted by molar-refractivity contribution is -0.140. The van der Waals surface area contributed by atoms with Gasteiger partial charge in [-0.15, -0.1) is 11.8 Å². The zero-order chi connectivity index (χ0) is 8.06. The number of thioether (sulfide) groups is 1. The van der Waals surface area contributed by atoms with E-state index in [1.807, 2.05) is 16.7 Å². The standard InChI is InChI=1S/C7H10BrNOS/c1-7(3-8)4-9-5(10)2-6(9)11-7/h6H,2-4H2,1H3/t6-,7-/m0/s1. The SMILES string of the molecule is C[C@]1(CBr)CN2C(=O)C[C@@H]2S1. The summed E-state index contributed by atoms with van der Waals surface area (Å²) >= 11 is 5.40. The maximum Gasteiger partial charge on any atom is 0.226 e. The Morgan fingerprint density at radius 1 is 1.91 bits per heavy atom. The molecule has 0 aromatic carbocycles. The highest BCUT2D eigenvalue weighted by atomic mass is 79.9. The van der Waals surface area contributed by atoms with Crippen LogP contribution in [0, 0.1) is 0 Å². The molecule has 2 saturated heterocycles. The first kappa shape index (κ1) is 7.92. The lowest BCUT2D eigenvalue weighted by atomic mass is 10.1. The Kier molecular flexibility index (Phi) is 1.72. The van der Waals surface area contributed by atoms with Crippen LogP contribution in [0.2, 0.25) is 0 Å². The molecule has 4 heteroatoms. The first-order chi connectivity index (χ1) is 5.14. The summed E-state index contributed by atoms with van der Waals surface area (Å²) in [5, 5.41) is 1.47. The second kappa shape index (κ2) is 2.39. The lowest BCUT2D eigenvalue weighted by Crippen LogP contribution is -2.47. The Labute approximate surface area is 78.8 Å². The maximum atomic E-state index is 11.0. The molecule has 0 radical (unpaired) electrons. The number of alkyl halides is 1. The number of halogens is 1. The van der Waals surface area contributed by atoms with Crippen molar-refractivity contribution < 1.29 is 4.79 Å². The van der Waals surface area contributed by atoms with Crippen LogP contribution in [0.3, 0.4) is 0 Å². The summed E-state index contributed by atoms with van der Waals surface area (Å²) in [7, 11) is 0. The minimum atomic E-state index is 0.261. The number of amides is 1. The van der Waals surface area contributed by atoms with E-state index < -0.39 is 0 Å². The number of fused-ring (bicyclic) bond motifs is 1. The Morgan fingerprint density at radius 2 is 2.64 bits per heavy atom. The average molecular weight is 236 g/mol. The zero-order valence-electron chi connectivity index (χ0n) is 6.34. The Balaban J connectivity index is 2.08. The lowest BCUT2D eigenvalue weighted by Gasteiger charge is -2.32. The van der Waals surface area contributed by atoms with Gasteiger partial charge in [0.05, 0.1) is 11.8 Å². The molecular weight excluding hydrogens is 226 g/mol. The minimum absolute atomic E-state index is 0.261. The fraction of sp³-hybridized carbons (Fsp3) is 0.857. The van der Waals surface area contributed by atoms with Gasteiger partial charge in [0.25, 0.3) is 0 Å². The highest BCUT2D eigenvalue weighted by Gasteiger charge is 2.49. The summed E-state index contributed by atoms with van der Waals surface area (Å²) in [6.45, 7) is 3.13. The van der Waals surface area contributed by atoms with Gasteiger partial charge in [-0.3, -0.25) is 4.79 Å². The van der Waals surface area contributed by atoms with Gasteiger partial charge >= 0.3 is 0 Å². The van der Waals surface area contributed by atoms with E-state index in [2.05, 4.69) is 22.9 Å². The molecule has 0 N–H and O–H groups in total. The topological polar surface area (TPSA) is 20.3 Å². The molecule has 0 saturated carbocycles. The predicted octanol–water partition coefficient (Wildman–Crippen LogP) is 1.45. The van der Waals surface area contributed by atoms with E-state index in [0.29, 0.717) is 11.3 Å². The molecule has 2 aliphatic heterocycles. The van der Waals surface area contributed by atoms with Crippen LogP contribution in [0.25, 0.3) is 0 Å². The third kappa shape index (κ3) is 1.11. The fourth-order valence-corrected chi connectivity index (χ4v) is 3.57. The van der Waals surface area contributed by atoms with Gasteiger partial charge in [-0.2, -0.15) is 0 Å². The van der Waals surface area contributed by atoms with Crippen LogP contribution in [0.1, 0.15) is 13.3 Å². The van der Waals surface area contributed by atoms with Crippen LogP contribution >= 0.6 is 27.7 Å². The summed E-state index contributed by atoms with van der Waals surface area (Å²) in [5.41, 5.74) is 0. The average Bonchev–Trinajstić information content (AvgIpc) is 2.25. The highest BCUT2D eigenvalue weighted by molar-refractivity contribution is 9.09. The number of hydrogen-bond acceptors (Lipinski definition) is 2. The van der Waals surface area contributed by atoms with Gasteiger partial charge in [0, 0.05) is 16.6 Å². The summed E-state index contributed by atoms with van der Waals surface area (Å²) in [6.07, 6.45) is 0.757. The minimum Gasteiger partial charge on any atom is -0.329 e. The molecule has 2 fully saturated rings. The molecule has 0 aromatic rings. The molecule has 0 unspecified atom stereocenters. The molecule has 2 nitrogen and oxygen atoms in total. The predicted molar refractivity (Wildman–Crippen MR) is 49.9 cm³/mol. The molecule has 0 aromatic heterocycles. The van der Waals surface area contributed by atoms with E-state index in [1.165, 1.54) is 0 Å². The van der Waals surface area contributed by atoms with Crippen LogP contribution in [-0.2, 0) is 4.79 Å². The third-order valence-electron chi connectivity index (χ3n) is 2.23. The van der Waals surface area contributed by atoms with Crippen molar-refractivity contribution in [2.24, 2.45) is 0 Å². The number of carbonyl (C=O) groups excluding carboxylic acids is 1. The highest BCUT2D eigenvalue weighted by Crippen LogP contribution is 2.46. The number of carbonyl (C=O) groups is 1. The third-order valence-corrected chi connectivity index (χ3v) is 5.37. The maximum absolute atomic E-state index is 11.0. The number of nitrogens with zero attached hydrogens (tertiary/aromatic N) is 1. The van der Waals surface area contributed by atoms with E-state index in [1.54, 1.807) is 0 Å². The molecule has 2 heterocycles. The second-order valence-corrected chi connectivity index (χ2v) is 5.71. The molecule has 2 atom stereocenters. The first-order valence-electron chi connectivity index (χ1n) is 3.68. The van der Waals surface area contributed by atoms with Gasteiger partial charge in [-0.05, 0) is 6.92 Å². The van der Waals surface area contributed by atoms with E-state index in [0.717, 1.165) is 18.3 Å². The zero-order valence-corrected chi connectivity index (χ0v) is 8.74. The summed E-state index contributed by atoms with van der Waals surface area (Å²) in [4.78, 5) is 13.0. The molecule has 2 aliphatic rings. The van der Waals surface area contributed by atoms with Crippen molar-refractivity contribution in [2.75, 3.05) is 11.9 Å². The molecular formula is C7H10BrNOS. The molecule has 1 amide bonds. The molecule has 62 valence electrons. The van der Waals surface area contributed by atoms with Crippen LogP contribution in [-0.4, -0.2) is 32.8 Å². The summed E-state index contributed by atoms with van der Waals surface area (Å²) < 4.78 is 0.261. The molecule has 0 bridgehead atoms. The normalized spacial score (nSPS) is 42.2. The van der Waals surface area contributed by atoms with Crippen molar-refractivity contribution >= 4 is 33.6 Å². The van der Waals surface area contributed by atoms with Crippen molar-refractivity contribution in [1.29, 1.82) is 0 Å². The first-order valence-corrected chi connectivity index (χ1v) is 5.68. The van der Waals surface area contributed by atoms with Crippen LogP contribution in [0.15, 0.2) is 0 Å².